The van der Waals surface area contributed by atoms with E-state index in [9.17, 15) is 4.79 Å². The first-order valence-corrected chi connectivity index (χ1v) is 11.7. The molecule has 2 fully saturated rings. The molecular weight excluding hydrogens is 401 g/mol. The van der Waals surface area contributed by atoms with Crippen molar-refractivity contribution < 1.29 is 13.9 Å². The van der Waals surface area contributed by atoms with E-state index in [-0.39, 0.29) is 17.3 Å². The Morgan fingerprint density at radius 3 is 2.56 bits per heavy atom. The van der Waals surface area contributed by atoms with Crippen molar-refractivity contribution >= 4 is 5.97 Å². The van der Waals surface area contributed by atoms with Crippen LogP contribution in [-0.4, -0.2) is 5.97 Å². The number of esters is 1. The molecule has 0 saturated heterocycles. The lowest BCUT2D eigenvalue weighted by atomic mass is 9.63. The Morgan fingerprint density at radius 1 is 1.09 bits per heavy atom. The summed E-state index contributed by atoms with van der Waals surface area (Å²) in [7, 11) is 0. The highest BCUT2D eigenvalue weighted by molar-refractivity contribution is 5.91. The number of carbonyl (C=O) groups excluding carboxylic acids is 1. The van der Waals surface area contributed by atoms with Crippen molar-refractivity contribution in [1.82, 2.24) is 0 Å². The predicted octanol–water partition coefficient (Wildman–Crippen LogP) is 7.18. The zero-order valence-corrected chi connectivity index (χ0v) is 18.4. The van der Waals surface area contributed by atoms with Crippen LogP contribution in [0.5, 0.6) is 5.75 Å². The van der Waals surface area contributed by atoms with Crippen LogP contribution >= 0.6 is 0 Å². The van der Waals surface area contributed by atoms with Gasteiger partial charge in [0.1, 0.15) is 11.6 Å². The average Bonchev–Trinajstić information content (AvgIpc) is 2.82. The lowest BCUT2D eigenvalue weighted by Crippen LogP contribution is -2.30. The number of carbonyl (C=O) groups is 1. The molecule has 0 amide bonds. The van der Waals surface area contributed by atoms with Crippen LogP contribution < -0.4 is 4.74 Å². The van der Waals surface area contributed by atoms with E-state index in [1.807, 2.05) is 12.1 Å². The van der Waals surface area contributed by atoms with E-state index in [1.165, 1.54) is 38.2 Å². The van der Waals surface area contributed by atoms with Crippen LogP contribution in [0.1, 0.15) is 78.8 Å². The molecule has 3 nitrogen and oxygen atoms in total. The third-order valence-corrected chi connectivity index (χ3v) is 7.37. The first kappa shape index (κ1) is 22.3. The molecule has 0 bridgehead atoms. The van der Waals surface area contributed by atoms with E-state index in [0.29, 0.717) is 17.2 Å². The molecule has 32 heavy (non-hydrogen) atoms. The molecule has 2 aliphatic carbocycles. The minimum atomic E-state index is -0.596. The molecule has 2 aliphatic rings. The standard InChI is InChI=1S/C28H30FNO2/c1-2-3-4-19-5-8-22-16-23(10-9-21(22)15-19)26-14-11-24(17-27(26)29)28(31)32-25-12-6-20(18-30)7-13-25/h2,6-7,11-14,17,19,21-23H,1,3-5,8-10,15-16H2. The zero-order valence-electron chi connectivity index (χ0n) is 18.4. The summed E-state index contributed by atoms with van der Waals surface area (Å²) in [6.45, 7) is 3.85. The van der Waals surface area contributed by atoms with Gasteiger partial charge >= 0.3 is 5.97 Å². The Kier molecular flexibility index (Phi) is 7.05. The molecule has 4 rings (SSSR count). The van der Waals surface area contributed by atoms with Gasteiger partial charge in [-0.2, -0.15) is 5.26 Å². The number of nitriles is 1. The Hall–Kier alpha value is -2.93. The van der Waals surface area contributed by atoms with E-state index in [1.54, 1.807) is 36.4 Å². The molecule has 166 valence electrons. The second-order valence-corrected chi connectivity index (χ2v) is 9.34. The van der Waals surface area contributed by atoms with Crippen LogP contribution in [0.3, 0.4) is 0 Å². The van der Waals surface area contributed by atoms with Crippen LogP contribution in [0.15, 0.2) is 55.1 Å². The minimum Gasteiger partial charge on any atom is -0.423 e. The Bertz CT molecular complexity index is 1010. The molecule has 0 aliphatic heterocycles. The molecule has 2 aromatic rings. The largest absolute Gasteiger partial charge is 0.423 e. The number of fused-ring (bicyclic) bond motifs is 1. The Morgan fingerprint density at radius 2 is 1.84 bits per heavy atom. The maximum absolute atomic E-state index is 15.0. The monoisotopic (exact) mass is 431 g/mol. The van der Waals surface area contributed by atoms with Gasteiger partial charge < -0.3 is 4.74 Å². The van der Waals surface area contributed by atoms with Crippen molar-refractivity contribution in [2.24, 2.45) is 17.8 Å². The molecule has 0 heterocycles. The maximum Gasteiger partial charge on any atom is 0.343 e. The fraction of sp³-hybridized carbons (Fsp3) is 0.429. The first-order valence-electron chi connectivity index (χ1n) is 11.7. The van der Waals surface area contributed by atoms with Gasteiger partial charge in [0.2, 0.25) is 0 Å². The van der Waals surface area contributed by atoms with Gasteiger partial charge in [0, 0.05) is 0 Å². The van der Waals surface area contributed by atoms with Crippen molar-refractivity contribution in [2.75, 3.05) is 0 Å². The van der Waals surface area contributed by atoms with Crippen molar-refractivity contribution in [3.05, 3.63) is 77.6 Å². The Labute approximate surface area is 189 Å². The predicted molar refractivity (Wildman–Crippen MR) is 123 cm³/mol. The molecule has 4 heteroatoms. The van der Waals surface area contributed by atoms with Crippen LogP contribution in [-0.2, 0) is 0 Å². The summed E-state index contributed by atoms with van der Waals surface area (Å²) in [5.74, 6) is 1.94. The third-order valence-electron chi connectivity index (χ3n) is 7.37. The second kappa shape index (κ2) is 10.1. The van der Waals surface area contributed by atoms with Gasteiger partial charge in [-0.1, -0.05) is 18.6 Å². The quantitative estimate of drug-likeness (QED) is 0.276. The molecule has 0 radical (unpaired) electrons. The number of ether oxygens (including phenoxy) is 1. The average molecular weight is 432 g/mol. The first-order chi connectivity index (χ1) is 15.6. The summed E-state index contributed by atoms with van der Waals surface area (Å²) >= 11 is 0. The van der Waals surface area contributed by atoms with Crippen LogP contribution in [0.4, 0.5) is 4.39 Å². The van der Waals surface area contributed by atoms with Crippen LogP contribution in [0.25, 0.3) is 0 Å². The highest BCUT2D eigenvalue weighted by Crippen LogP contribution is 2.48. The van der Waals surface area contributed by atoms with Gasteiger partial charge in [0.15, 0.2) is 0 Å². The van der Waals surface area contributed by atoms with Gasteiger partial charge in [-0.05, 0) is 111 Å². The zero-order chi connectivity index (χ0) is 22.5. The van der Waals surface area contributed by atoms with E-state index in [0.717, 1.165) is 36.7 Å². The topological polar surface area (TPSA) is 50.1 Å². The van der Waals surface area contributed by atoms with Crippen molar-refractivity contribution in [2.45, 2.75) is 57.3 Å². The fourth-order valence-electron chi connectivity index (χ4n) is 5.63. The molecule has 4 atom stereocenters. The molecule has 0 N–H and O–H groups in total. The summed E-state index contributed by atoms with van der Waals surface area (Å²) in [6.07, 6.45) is 11.5. The number of hydrogen-bond donors (Lipinski definition) is 0. The van der Waals surface area contributed by atoms with E-state index in [4.69, 9.17) is 10.00 Å². The third kappa shape index (κ3) is 5.10. The lowest BCUT2D eigenvalue weighted by Gasteiger charge is -2.42. The maximum atomic E-state index is 15.0. The van der Waals surface area contributed by atoms with Crippen LogP contribution in [0, 0.1) is 34.9 Å². The van der Waals surface area contributed by atoms with Crippen LogP contribution in [0.2, 0.25) is 0 Å². The molecule has 2 saturated carbocycles. The number of nitrogens with zero attached hydrogens (tertiary/aromatic N) is 1. The normalized spacial score (nSPS) is 24.8. The molecule has 4 unspecified atom stereocenters. The molecular formula is C28H30FNO2. The highest BCUT2D eigenvalue weighted by Gasteiger charge is 2.36. The summed E-state index contributed by atoms with van der Waals surface area (Å²) < 4.78 is 20.3. The summed E-state index contributed by atoms with van der Waals surface area (Å²) in [4.78, 5) is 12.4. The van der Waals surface area contributed by atoms with Gasteiger partial charge in [0.25, 0.3) is 0 Å². The smallest absolute Gasteiger partial charge is 0.343 e. The molecule has 0 spiro atoms. The number of halogens is 1. The fourth-order valence-corrected chi connectivity index (χ4v) is 5.63. The molecule has 0 aromatic heterocycles. The van der Waals surface area contributed by atoms with Gasteiger partial charge in [-0.25, -0.2) is 9.18 Å². The van der Waals surface area contributed by atoms with E-state index in [2.05, 4.69) is 6.58 Å². The van der Waals surface area contributed by atoms with E-state index < -0.39 is 5.97 Å². The van der Waals surface area contributed by atoms with Crippen molar-refractivity contribution in [3.63, 3.8) is 0 Å². The SMILES string of the molecule is C=CCCC1CCC2CC(c3ccc(C(=O)Oc4ccc(C#N)cc4)cc3F)CCC2C1. The summed E-state index contributed by atoms with van der Waals surface area (Å²) in [6, 6.07) is 13.0. The lowest BCUT2D eigenvalue weighted by molar-refractivity contribution is 0.0734. The highest BCUT2D eigenvalue weighted by atomic mass is 19.1. The number of benzene rings is 2. The number of allylic oxidation sites excluding steroid dienone is 1. The Balaban J connectivity index is 1.38. The van der Waals surface area contributed by atoms with Gasteiger partial charge in [-0.3, -0.25) is 0 Å². The number of hydrogen-bond acceptors (Lipinski definition) is 3. The summed E-state index contributed by atoms with van der Waals surface area (Å²) in [5, 5.41) is 8.86. The van der Waals surface area contributed by atoms with E-state index >= 15 is 4.39 Å². The number of rotatable bonds is 6. The van der Waals surface area contributed by atoms with Gasteiger partial charge in [-0.15, -0.1) is 6.58 Å². The summed E-state index contributed by atoms with van der Waals surface area (Å²) in [5.41, 5.74) is 1.42. The second-order valence-electron chi connectivity index (χ2n) is 9.34. The van der Waals surface area contributed by atoms with Gasteiger partial charge in [0.05, 0.1) is 17.2 Å². The minimum absolute atomic E-state index is 0.201. The van der Waals surface area contributed by atoms with Crippen molar-refractivity contribution in [1.29, 1.82) is 5.26 Å². The molecule has 2 aromatic carbocycles. The van der Waals surface area contributed by atoms with Crippen molar-refractivity contribution in [3.8, 4) is 11.8 Å².